The third-order valence-electron chi connectivity index (χ3n) is 1.40. The molecule has 0 radical (unpaired) electrons. The summed E-state index contributed by atoms with van der Waals surface area (Å²) >= 11 is 1.40. The van der Waals surface area contributed by atoms with Crippen LogP contribution in [-0.2, 0) is 0 Å². The Bertz CT molecular complexity index is 386. The SMILES string of the molecule is O=[N+]([O-])c1c(I)ncc(F)c1C(F)F. The monoisotopic (exact) mass is 318 g/mol. The van der Waals surface area contributed by atoms with Crippen molar-refractivity contribution in [2.45, 2.75) is 6.43 Å². The minimum absolute atomic E-state index is 0.260. The molecule has 14 heavy (non-hydrogen) atoms. The first-order valence-electron chi connectivity index (χ1n) is 3.21. The van der Waals surface area contributed by atoms with E-state index in [1.165, 1.54) is 22.6 Å². The van der Waals surface area contributed by atoms with Gasteiger partial charge in [-0.05, 0) is 22.6 Å². The van der Waals surface area contributed by atoms with Gasteiger partial charge >= 0.3 is 5.69 Å². The third kappa shape index (κ3) is 1.94. The van der Waals surface area contributed by atoms with E-state index in [4.69, 9.17) is 0 Å². The molecule has 0 bridgehead atoms. The number of aromatic nitrogens is 1. The summed E-state index contributed by atoms with van der Waals surface area (Å²) in [6, 6.07) is 0. The standard InChI is InChI=1S/C6H2F3IN2O2/c7-2-1-11-6(10)4(12(13)14)3(2)5(8)9/h1,5H. The van der Waals surface area contributed by atoms with Crippen molar-refractivity contribution in [3.8, 4) is 0 Å². The van der Waals surface area contributed by atoms with Crippen molar-refractivity contribution < 1.29 is 18.1 Å². The second-order valence-electron chi connectivity index (χ2n) is 2.22. The molecule has 1 heterocycles. The van der Waals surface area contributed by atoms with E-state index in [0.717, 1.165) is 0 Å². The number of pyridine rings is 1. The minimum atomic E-state index is -3.23. The highest BCUT2D eigenvalue weighted by Crippen LogP contribution is 2.33. The van der Waals surface area contributed by atoms with Crippen LogP contribution in [-0.4, -0.2) is 9.91 Å². The van der Waals surface area contributed by atoms with Gasteiger partial charge in [0.05, 0.1) is 11.1 Å². The van der Waals surface area contributed by atoms with Crippen LogP contribution in [0.4, 0.5) is 18.9 Å². The molecule has 0 aliphatic carbocycles. The third-order valence-corrected chi connectivity index (χ3v) is 2.19. The van der Waals surface area contributed by atoms with E-state index in [1.54, 1.807) is 0 Å². The zero-order valence-corrected chi connectivity index (χ0v) is 8.53. The summed E-state index contributed by atoms with van der Waals surface area (Å²) in [4.78, 5) is 12.6. The summed E-state index contributed by atoms with van der Waals surface area (Å²) in [6.07, 6.45) is -2.69. The molecule has 0 unspecified atom stereocenters. The van der Waals surface area contributed by atoms with E-state index >= 15 is 0 Å². The highest BCUT2D eigenvalue weighted by Gasteiger charge is 2.29. The van der Waals surface area contributed by atoms with Crippen LogP contribution in [0.1, 0.15) is 12.0 Å². The zero-order valence-electron chi connectivity index (χ0n) is 6.38. The lowest BCUT2D eigenvalue weighted by atomic mass is 10.2. The first-order valence-corrected chi connectivity index (χ1v) is 4.29. The Morgan fingerprint density at radius 2 is 2.14 bits per heavy atom. The van der Waals surface area contributed by atoms with Crippen molar-refractivity contribution in [3.63, 3.8) is 0 Å². The molecule has 0 spiro atoms. The second-order valence-corrected chi connectivity index (χ2v) is 3.24. The lowest BCUT2D eigenvalue weighted by molar-refractivity contribution is -0.387. The molecule has 0 atom stereocenters. The van der Waals surface area contributed by atoms with Gasteiger partial charge in [0.2, 0.25) is 0 Å². The van der Waals surface area contributed by atoms with Crippen molar-refractivity contribution in [3.05, 3.63) is 31.4 Å². The maximum Gasteiger partial charge on any atom is 0.312 e. The predicted octanol–water partition coefficient (Wildman–Crippen LogP) is 2.67. The van der Waals surface area contributed by atoms with Crippen molar-refractivity contribution >= 4 is 28.3 Å². The summed E-state index contributed by atoms with van der Waals surface area (Å²) < 4.78 is 37.0. The van der Waals surface area contributed by atoms with E-state index in [2.05, 4.69) is 4.98 Å². The Morgan fingerprint density at radius 1 is 1.57 bits per heavy atom. The van der Waals surface area contributed by atoms with Gasteiger partial charge in [0.15, 0.2) is 9.52 Å². The maximum absolute atomic E-state index is 12.8. The quantitative estimate of drug-likeness (QED) is 0.365. The molecule has 0 fully saturated rings. The van der Waals surface area contributed by atoms with Gasteiger partial charge < -0.3 is 0 Å². The number of nitro groups is 1. The number of halogens is 4. The lowest BCUT2D eigenvalue weighted by Gasteiger charge is -2.03. The van der Waals surface area contributed by atoms with Crippen molar-refractivity contribution in [2.24, 2.45) is 0 Å². The van der Waals surface area contributed by atoms with Crippen LogP contribution in [0.15, 0.2) is 6.20 Å². The molecule has 0 amide bonds. The summed E-state index contributed by atoms with van der Waals surface area (Å²) in [6.45, 7) is 0. The summed E-state index contributed by atoms with van der Waals surface area (Å²) in [5.41, 5.74) is -2.19. The number of nitrogens with zero attached hydrogens (tertiary/aromatic N) is 2. The van der Waals surface area contributed by atoms with E-state index < -0.39 is 28.4 Å². The Kier molecular flexibility index (Phi) is 3.24. The van der Waals surface area contributed by atoms with Gasteiger partial charge in [-0.15, -0.1) is 0 Å². The zero-order chi connectivity index (χ0) is 10.9. The fourth-order valence-corrected chi connectivity index (χ4v) is 1.48. The van der Waals surface area contributed by atoms with Crippen molar-refractivity contribution in [1.82, 2.24) is 4.98 Å². The predicted molar refractivity (Wildman–Crippen MR) is 48.5 cm³/mol. The second kappa shape index (κ2) is 4.07. The van der Waals surface area contributed by atoms with Crippen LogP contribution in [0, 0.1) is 19.6 Å². The molecule has 0 saturated carbocycles. The first kappa shape index (κ1) is 11.1. The van der Waals surface area contributed by atoms with Crippen LogP contribution >= 0.6 is 22.6 Å². The molecule has 1 rings (SSSR count). The number of rotatable bonds is 2. The van der Waals surface area contributed by atoms with Crippen LogP contribution in [0.2, 0.25) is 0 Å². The Hall–Kier alpha value is -0.930. The normalized spacial score (nSPS) is 10.6. The molecule has 76 valence electrons. The first-order chi connectivity index (χ1) is 6.45. The van der Waals surface area contributed by atoms with E-state index in [0.29, 0.717) is 6.20 Å². The summed E-state index contributed by atoms with van der Waals surface area (Å²) in [5, 5.41) is 10.4. The molecule has 1 aromatic heterocycles. The van der Waals surface area contributed by atoms with Gasteiger partial charge in [0.25, 0.3) is 6.43 Å². The molecule has 1 aromatic rings. The van der Waals surface area contributed by atoms with E-state index in [-0.39, 0.29) is 3.70 Å². The van der Waals surface area contributed by atoms with Gasteiger partial charge in [-0.2, -0.15) is 0 Å². The molecule has 0 saturated heterocycles. The average Bonchev–Trinajstić information content (AvgIpc) is 2.07. The highest BCUT2D eigenvalue weighted by molar-refractivity contribution is 14.1. The molecule has 0 N–H and O–H groups in total. The molecular formula is C6H2F3IN2O2. The summed E-state index contributed by atoms with van der Waals surface area (Å²) in [5.74, 6) is -1.37. The number of hydrogen-bond donors (Lipinski definition) is 0. The van der Waals surface area contributed by atoms with Crippen LogP contribution in [0.25, 0.3) is 0 Å². The highest BCUT2D eigenvalue weighted by atomic mass is 127. The number of alkyl halides is 2. The van der Waals surface area contributed by atoms with Gasteiger partial charge in [-0.1, -0.05) is 0 Å². The van der Waals surface area contributed by atoms with Gasteiger partial charge in [-0.3, -0.25) is 10.1 Å². The average molecular weight is 318 g/mol. The lowest BCUT2D eigenvalue weighted by Crippen LogP contribution is -2.03. The largest absolute Gasteiger partial charge is 0.312 e. The fourth-order valence-electron chi connectivity index (χ4n) is 0.850. The van der Waals surface area contributed by atoms with Gasteiger partial charge in [0, 0.05) is 0 Å². The van der Waals surface area contributed by atoms with Gasteiger partial charge in [-0.25, -0.2) is 18.2 Å². The number of hydrogen-bond acceptors (Lipinski definition) is 3. The van der Waals surface area contributed by atoms with Crippen molar-refractivity contribution in [1.29, 1.82) is 0 Å². The molecule has 0 aromatic carbocycles. The molecule has 8 heteroatoms. The van der Waals surface area contributed by atoms with Crippen LogP contribution in [0.3, 0.4) is 0 Å². The van der Waals surface area contributed by atoms with Crippen LogP contribution < -0.4 is 0 Å². The van der Waals surface area contributed by atoms with E-state index in [9.17, 15) is 23.3 Å². The molecule has 4 nitrogen and oxygen atoms in total. The van der Waals surface area contributed by atoms with Crippen LogP contribution in [0.5, 0.6) is 0 Å². The Balaban J connectivity index is 3.50. The van der Waals surface area contributed by atoms with Crippen molar-refractivity contribution in [2.75, 3.05) is 0 Å². The Morgan fingerprint density at radius 3 is 2.50 bits per heavy atom. The fraction of sp³-hybridized carbons (Fsp3) is 0.167. The Labute approximate surface area is 89.4 Å². The smallest absolute Gasteiger partial charge is 0.258 e. The topological polar surface area (TPSA) is 56.0 Å². The minimum Gasteiger partial charge on any atom is -0.258 e. The van der Waals surface area contributed by atoms with E-state index in [1.807, 2.05) is 0 Å². The van der Waals surface area contributed by atoms with Gasteiger partial charge in [0.1, 0.15) is 5.56 Å². The summed E-state index contributed by atoms with van der Waals surface area (Å²) in [7, 11) is 0. The maximum atomic E-state index is 12.8. The molecular weight excluding hydrogens is 316 g/mol. The molecule has 0 aliphatic rings. The molecule has 0 aliphatic heterocycles.